The van der Waals surface area contributed by atoms with Gasteiger partial charge >= 0.3 is 6.18 Å². The van der Waals surface area contributed by atoms with E-state index < -0.39 is 38.4 Å². The number of carbonyl (C=O) groups excluding carboxylic acids is 1. The van der Waals surface area contributed by atoms with Crippen molar-refractivity contribution in [2.45, 2.75) is 56.7 Å². The van der Waals surface area contributed by atoms with E-state index in [1.54, 1.807) is 6.08 Å². The van der Waals surface area contributed by atoms with E-state index in [-0.39, 0.29) is 23.1 Å². The van der Waals surface area contributed by atoms with Crippen molar-refractivity contribution >= 4 is 21.2 Å². The van der Waals surface area contributed by atoms with Gasteiger partial charge in [-0.2, -0.15) is 13.2 Å². The Morgan fingerprint density at radius 3 is 2.30 bits per heavy atom. The van der Waals surface area contributed by atoms with Crippen molar-refractivity contribution in [2.24, 2.45) is 5.92 Å². The first kappa shape index (κ1) is 22.5. The lowest BCUT2D eigenvalue weighted by molar-refractivity contribution is -0.140. The highest BCUT2D eigenvalue weighted by Crippen LogP contribution is 2.42. The monoisotopic (exact) mass is 440 g/mol. The lowest BCUT2D eigenvalue weighted by Gasteiger charge is -2.18. The maximum absolute atomic E-state index is 13.4. The highest BCUT2D eigenvalue weighted by molar-refractivity contribution is 7.90. The summed E-state index contributed by atoms with van der Waals surface area (Å²) in [5.41, 5.74) is 3.42. The molecular formula is C22H23F3O4S. The van der Waals surface area contributed by atoms with Crippen LogP contribution in [-0.2, 0) is 20.8 Å². The van der Waals surface area contributed by atoms with Gasteiger partial charge < -0.3 is 5.11 Å². The van der Waals surface area contributed by atoms with Crippen LogP contribution >= 0.6 is 0 Å². The van der Waals surface area contributed by atoms with Gasteiger partial charge in [-0.3, -0.25) is 4.79 Å². The van der Waals surface area contributed by atoms with Crippen molar-refractivity contribution in [1.29, 1.82) is 0 Å². The largest absolute Gasteiger partial charge is 0.417 e. The number of sulfone groups is 1. The molecule has 0 spiro atoms. The van der Waals surface area contributed by atoms with Crippen molar-refractivity contribution in [1.82, 2.24) is 0 Å². The minimum Gasteiger partial charge on any atom is -0.392 e. The number of halogens is 3. The van der Waals surface area contributed by atoms with Crippen LogP contribution in [0.4, 0.5) is 13.2 Å². The standard InChI is InChI=1S/C22H23F3O4S/c1-12-4-7-17(20(27)11-15(26)10-18(12)14-5-6-14)16-8-9-19(22(23,24)25)21(13(16)2)30(3,28)29/h4,8-9,14-15,26H,5-6,10-11H2,1-3H3. The first-order chi connectivity index (χ1) is 13.8. The van der Waals surface area contributed by atoms with Crippen LogP contribution < -0.4 is 0 Å². The Labute approximate surface area is 173 Å². The van der Waals surface area contributed by atoms with E-state index in [0.29, 0.717) is 24.7 Å². The Balaban J connectivity index is 2.26. The number of ketones is 1. The quantitative estimate of drug-likeness (QED) is 0.707. The SMILES string of the molecule is CC1=C(C2CC2)CC(O)CC(=O)C(c2ccc(C(F)(F)F)c(S(C)(=O)=O)c2C)=C=C1. The van der Waals surface area contributed by atoms with E-state index in [9.17, 15) is 31.5 Å². The Morgan fingerprint density at radius 1 is 1.13 bits per heavy atom. The second kappa shape index (κ2) is 7.84. The van der Waals surface area contributed by atoms with Crippen LogP contribution in [0, 0.1) is 12.8 Å². The first-order valence-electron chi connectivity index (χ1n) is 9.59. The van der Waals surface area contributed by atoms with Crippen LogP contribution in [0.2, 0.25) is 0 Å². The summed E-state index contributed by atoms with van der Waals surface area (Å²) in [7, 11) is -4.22. The molecule has 30 heavy (non-hydrogen) atoms. The van der Waals surface area contributed by atoms with E-state index in [2.05, 4.69) is 5.73 Å². The number of aliphatic hydroxyl groups is 1. The number of aliphatic hydroxyl groups excluding tert-OH is 1. The van der Waals surface area contributed by atoms with E-state index in [0.717, 1.165) is 30.1 Å². The van der Waals surface area contributed by atoms with Gasteiger partial charge in [-0.25, -0.2) is 8.42 Å². The molecule has 1 aromatic carbocycles. The summed E-state index contributed by atoms with van der Waals surface area (Å²) in [6.07, 6.45) is -1.28. The van der Waals surface area contributed by atoms with Gasteiger partial charge in [0.05, 0.1) is 22.1 Å². The predicted molar refractivity (Wildman–Crippen MR) is 106 cm³/mol. The number of benzene rings is 1. The summed E-state index contributed by atoms with van der Waals surface area (Å²) in [6, 6.07) is 1.79. The third-order valence-corrected chi connectivity index (χ3v) is 6.78. The molecule has 0 amide bonds. The number of rotatable bonds is 3. The van der Waals surface area contributed by atoms with Crippen molar-refractivity contribution in [2.75, 3.05) is 6.26 Å². The molecule has 0 saturated heterocycles. The second-order valence-corrected chi connectivity index (χ2v) is 9.97. The van der Waals surface area contributed by atoms with Gasteiger partial charge in [0, 0.05) is 12.7 Å². The lowest BCUT2D eigenvalue weighted by Crippen LogP contribution is -2.18. The zero-order chi connectivity index (χ0) is 22.4. The molecule has 1 unspecified atom stereocenters. The number of hydrogen-bond acceptors (Lipinski definition) is 4. The average molecular weight is 440 g/mol. The molecule has 1 atom stereocenters. The van der Waals surface area contributed by atoms with Crippen molar-refractivity contribution in [3.63, 3.8) is 0 Å². The molecule has 1 saturated carbocycles. The molecule has 1 aromatic rings. The van der Waals surface area contributed by atoms with E-state index in [1.807, 2.05) is 6.92 Å². The minimum absolute atomic E-state index is 0.0263. The third-order valence-electron chi connectivity index (χ3n) is 5.52. The molecule has 0 bridgehead atoms. The van der Waals surface area contributed by atoms with Crippen LogP contribution in [0.25, 0.3) is 5.57 Å². The number of hydrogen-bond donors (Lipinski definition) is 1. The molecule has 8 heteroatoms. The molecule has 3 rings (SSSR count). The topological polar surface area (TPSA) is 71.4 Å². The molecule has 0 aliphatic heterocycles. The number of carbonyl (C=O) groups is 1. The third kappa shape index (κ3) is 4.61. The van der Waals surface area contributed by atoms with Gasteiger partial charge in [-0.05, 0) is 67.9 Å². The molecule has 0 heterocycles. The van der Waals surface area contributed by atoms with Crippen molar-refractivity contribution in [3.8, 4) is 0 Å². The van der Waals surface area contributed by atoms with Crippen molar-refractivity contribution in [3.05, 3.63) is 51.8 Å². The van der Waals surface area contributed by atoms with Gasteiger partial charge in [0.15, 0.2) is 15.6 Å². The van der Waals surface area contributed by atoms with E-state index in [4.69, 9.17) is 0 Å². The van der Waals surface area contributed by atoms with Gasteiger partial charge in [0.2, 0.25) is 0 Å². The summed E-state index contributed by atoms with van der Waals surface area (Å²) < 4.78 is 64.6. The Bertz CT molecular complexity index is 1100. The van der Waals surface area contributed by atoms with Gasteiger partial charge in [0.25, 0.3) is 0 Å². The fourth-order valence-electron chi connectivity index (χ4n) is 3.97. The lowest BCUT2D eigenvalue weighted by atomic mass is 9.92. The number of Topliss-reactive ketones (excluding diaryl/α,β-unsaturated/α-hetero) is 1. The number of alkyl halides is 3. The summed E-state index contributed by atoms with van der Waals surface area (Å²) in [5.74, 6) is -0.120. The normalized spacial score (nSPS) is 21.2. The van der Waals surface area contributed by atoms with E-state index >= 15 is 0 Å². The predicted octanol–water partition coefficient (Wildman–Crippen LogP) is 4.41. The Hall–Kier alpha value is -2.15. The maximum Gasteiger partial charge on any atom is 0.417 e. The van der Waals surface area contributed by atoms with Gasteiger partial charge in [0.1, 0.15) is 0 Å². The van der Waals surface area contributed by atoms with Gasteiger partial charge in [-0.1, -0.05) is 11.6 Å². The number of allylic oxidation sites excluding steroid dienone is 2. The molecule has 4 nitrogen and oxygen atoms in total. The smallest absolute Gasteiger partial charge is 0.392 e. The van der Waals surface area contributed by atoms with Crippen LogP contribution in [0.5, 0.6) is 0 Å². The second-order valence-electron chi connectivity index (χ2n) is 8.02. The average Bonchev–Trinajstić information content (AvgIpc) is 3.42. The summed E-state index contributed by atoms with van der Waals surface area (Å²) in [6.45, 7) is 3.10. The molecule has 0 aromatic heterocycles. The van der Waals surface area contributed by atoms with Crippen LogP contribution in [0.15, 0.2) is 40.0 Å². The summed E-state index contributed by atoms with van der Waals surface area (Å²) in [4.78, 5) is 12.0. The van der Waals surface area contributed by atoms with Gasteiger partial charge in [-0.15, -0.1) is 5.73 Å². The van der Waals surface area contributed by atoms with E-state index in [1.165, 1.54) is 6.92 Å². The molecular weight excluding hydrogens is 417 g/mol. The van der Waals surface area contributed by atoms with Crippen LogP contribution in [0.3, 0.4) is 0 Å². The molecule has 1 N–H and O–H groups in total. The molecule has 2 aliphatic rings. The minimum atomic E-state index is -4.86. The molecule has 2 aliphatic carbocycles. The van der Waals surface area contributed by atoms with Crippen molar-refractivity contribution < 1.29 is 31.5 Å². The van der Waals surface area contributed by atoms with Crippen LogP contribution in [-0.4, -0.2) is 31.7 Å². The zero-order valence-electron chi connectivity index (χ0n) is 16.9. The first-order valence-corrected chi connectivity index (χ1v) is 11.5. The summed E-state index contributed by atoms with van der Waals surface area (Å²) in [5, 5.41) is 10.4. The summed E-state index contributed by atoms with van der Waals surface area (Å²) >= 11 is 0. The molecule has 1 fully saturated rings. The fourth-order valence-corrected chi connectivity index (χ4v) is 5.22. The maximum atomic E-state index is 13.4. The zero-order valence-corrected chi connectivity index (χ0v) is 17.7. The Kier molecular flexibility index (Phi) is 5.89. The molecule has 162 valence electrons. The highest BCUT2D eigenvalue weighted by atomic mass is 32.2. The Morgan fingerprint density at radius 2 is 1.77 bits per heavy atom. The molecule has 0 radical (unpaired) electrons. The van der Waals surface area contributed by atoms with Crippen LogP contribution in [0.1, 0.15) is 49.3 Å². The fraction of sp³-hybridized carbons (Fsp3) is 0.455. The highest BCUT2D eigenvalue weighted by Gasteiger charge is 2.38.